The van der Waals surface area contributed by atoms with Crippen LogP contribution in [0.4, 0.5) is 0 Å². The molecule has 1 aromatic heterocycles. The average Bonchev–Trinajstić information content (AvgIpc) is 3.25. The lowest BCUT2D eigenvalue weighted by molar-refractivity contribution is -0.125. The van der Waals surface area contributed by atoms with Crippen LogP contribution < -0.4 is 16.3 Å². The number of imidazole rings is 1. The first-order chi connectivity index (χ1) is 18.6. The number of amides is 2. The van der Waals surface area contributed by atoms with Crippen LogP contribution in [0.5, 0.6) is 0 Å². The summed E-state index contributed by atoms with van der Waals surface area (Å²) in [7, 11) is 0. The van der Waals surface area contributed by atoms with Crippen LogP contribution >= 0.6 is 0 Å². The van der Waals surface area contributed by atoms with E-state index in [1.54, 1.807) is 9.13 Å². The van der Waals surface area contributed by atoms with Crippen molar-refractivity contribution in [2.45, 2.75) is 45.6 Å². The smallest absolute Gasteiger partial charge is 0.333 e. The number of hydrogen-bond acceptors (Lipinski definition) is 4. The molecule has 3 aromatic rings. The van der Waals surface area contributed by atoms with Gasteiger partial charge in [-0.3, -0.25) is 18.7 Å². The second kappa shape index (κ2) is 11.8. The number of carbonyl (C=O) groups excluding carboxylic acids is 2. The SMILES string of the molecule is Cc1ccccc1-n1c(-c2ccccc2)c(C(=O)N2CCNCC2)n(CCNC(=O)C2CCCCC2)c1=O. The van der Waals surface area contributed by atoms with Gasteiger partial charge < -0.3 is 15.5 Å². The van der Waals surface area contributed by atoms with E-state index in [2.05, 4.69) is 10.6 Å². The molecule has 1 saturated heterocycles. The Morgan fingerprint density at radius 2 is 1.63 bits per heavy atom. The van der Waals surface area contributed by atoms with Crippen molar-refractivity contribution in [3.63, 3.8) is 0 Å². The largest absolute Gasteiger partial charge is 0.354 e. The predicted octanol–water partition coefficient (Wildman–Crippen LogP) is 3.36. The predicted molar refractivity (Wildman–Crippen MR) is 149 cm³/mol. The molecule has 2 aliphatic rings. The Morgan fingerprint density at radius 3 is 2.34 bits per heavy atom. The molecule has 0 atom stereocenters. The standard InChI is InChI=1S/C30H37N5O3/c1-22-10-8-9-15-25(22)35-26(23-11-4-2-5-12-23)27(29(37)33-19-16-31-17-20-33)34(30(35)38)21-18-32-28(36)24-13-6-3-7-14-24/h2,4-5,8-12,15,24,31H,3,6-7,13-14,16-21H2,1H3,(H,32,36). The Labute approximate surface area is 223 Å². The molecule has 200 valence electrons. The average molecular weight is 516 g/mol. The summed E-state index contributed by atoms with van der Waals surface area (Å²) in [6, 6.07) is 17.4. The van der Waals surface area contributed by atoms with E-state index >= 15 is 0 Å². The molecular formula is C30H37N5O3. The van der Waals surface area contributed by atoms with E-state index in [-0.39, 0.29) is 30.0 Å². The maximum Gasteiger partial charge on any atom is 0.333 e. The molecule has 2 aromatic carbocycles. The maximum atomic E-state index is 14.1. The Balaban J connectivity index is 1.59. The number of aryl methyl sites for hydroxylation is 1. The van der Waals surface area contributed by atoms with E-state index in [1.807, 2.05) is 66.4 Å². The fourth-order valence-corrected chi connectivity index (χ4v) is 5.69. The lowest BCUT2D eigenvalue weighted by Gasteiger charge is -2.28. The molecule has 2 heterocycles. The monoisotopic (exact) mass is 515 g/mol. The third-order valence-corrected chi connectivity index (χ3v) is 7.76. The summed E-state index contributed by atoms with van der Waals surface area (Å²) >= 11 is 0. The van der Waals surface area contributed by atoms with Gasteiger partial charge in [0.15, 0.2) is 0 Å². The molecule has 5 rings (SSSR count). The van der Waals surface area contributed by atoms with Crippen LogP contribution in [0.2, 0.25) is 0 Å². The van der Waals surface area contributed by atoms with Crippen molar-refractivity contribution < 1.29 is 9.59 Å². The minimum atomic E-state index is -0.274. The van der Waals surface area contributed by atoms with Gasteiger partial charge in [-0.2, -0.15) is 0 Å². The molecule has 8 nitrogen and oxygen atoms in total. The zero-order valence-corrected chi connectivity index (χ0v) is 22.1. The number of nitrogens with one attached hydrogen (secondary N) is 2. The Hall–Kier alpha value is -3.65. The third-order valence-electron chi connectivity index (χ3n) is 7.76. The van der Waals surface area contributed by atoms with Crippen LogP contribution in [0, 0.1) is 12.8 Å². The fourth-order valence-electron chi connectivity index (χ4n) is 5.69. The van der Waals surface area contributed by atoms with Crippen molar-refractivity contribution in [1.82, 2.24) is 24.7 Å². The summed E-state index contributed by atoms with van der Waals surface area (Å²) in [6.45, 7) is 5.08. The van der Waals surface area contributed by atoms with Crippen molar-refractivity contribution in [2.75, 3.05) is 32.7 Å². The van der Waals surface area contributed by atoms with Crippen LogP contribution in [-0.4, -0.2) is 58.6 Å². The summed E-state index contributed by atoms with van der Waals surface area (Å²) < 4.78 is 3.24. The second-order valence-corrected chi connectivity index (χ2v) is 10.3. The van der Waals surface area contributed by atoms with E-state index in [1.165, 1.54) is 6.42 Å². The van der Waals surface area contributed by atoms with Gasteiger partial charge in [0.05, 0.1) is 11.4 Å². The van der Waals surface area contributed by atoms with E-state index < -0.39 is 0 Å². The van der Waals surface area contributed by atoms with E-state index in [0.29, 0.717) is 44.1 Å². The highest BCUT2D eigenvalue weighted by atomic mass is 16.2. The minimum Gasteiger partial charge on any atom is -0.354 e. The summed E-state index contributed by atoms with van der Waals surface area (Å²) in [6.07, 6.45) is 5.19. The van der Waals surface area contributed by atoms with Gasteiger partial charge in [0.25, 0.3) is 5.91 Å². The lowest BCUT2D eigenvalue weighted by Crippen LogP contribution is -2.47. The molecule has 0 radical (unpaired) electrons. The second-order valence-electron chi connectivity index (χ2n) is 10.3. The number of para-hydroxylation sites is 1. The molecule has 1 aliphatic carbocycles. The van der Waals surface area contributed by atoms with E-state index in [4.69, 9.17) is 0 Å². The van der Waals surface area contributed by atoms with E-state index in [9.17, 15) is 14.4 Å². The summed E-state index contributed by atoms with van der Waals surface area (Å²) in [5.74, 6) is -0.0679. The van der Waals surface area contributed by atoms with Crippen molar-refractivity contribution in [2.24, 2.45) is 5.92 Å². The number of piperazine rings is 1. The first-order valence-corrected chi connectivity index (χ1v) is 13.8. The third kappa shape index (κ3) is 5.31. The Kier molecular flexibility index (Phi) is 8.08. The zero-order valence-electron chi connectivity index (χ0n) is 22.1. The minimum absolute atomic E-state index is 0.0406. The summed E-state index contributed by atoms with van der Waals surface area (Å²) in [5.41, 5.74) is 3.18. The van der Waals surface area contributed by atoms with Gasteiger partial charge in [0.2, 0.25) is 5.91 Å². The van der Waals surface area contributed by atoms with Crippen LogP contribution in [0.15, 0.2) is 59.4 Å². The molecule has 0 bridgehead atoms. The first kappa shape index (κ1) is 26.0. The Morgan fingerprint density at radius 1 is 0.947 bits per heavy atom. The van der Waals surface area contributed by atoms with Crippen LogP contribution in [0.3, 0.4) is 0 Å². The van der Waals surface area contributed by atoms with Gasteiger partial charge in [-0.15, -0.1) is 0 Å². The van der Waals surface area contributed by atoms with Crippen LogP contribution in [0.25, 0.3) is 16.9 Å². The van der Waals surface area contributed by atoms with Gasteiger partial charge in [-0.1, -0.05) is 67.8 Å². The van der Waals surface area contributed by atoms with Gasteiger partial charge in [0.1, 0.15) is 5.69 Å². The van der Waals surface area contributed by atoms with Crippen molar-refractivity contribution in [3.05, 3.63) is 76.3 Å². The van der Waals surface area contributed by atoms with Crippen LogP contribution in [0.1, 0.15) is 48.2 Å². The molecule has 2 amide bonds. The number of hydrogen-bond donors (Lipinski definition) is 2. The molecule has 0 spiro atoms. The molecule has 38 heavy (non-hydrogen) atoms. The molecular weight excluding hydrogens is 478 g/mol. The van der Waals surface area contributed by atoms with Crippen molar-refractivity contribution in [3.8, 4) is 16.9 Å². The highest BCUT2D eigenvalue weighted by Crippen LogP contribution is 2.29. The van der Waals surface area contributed by atoms with Gasteiger partial charge >= 0.3 is 5.69 Å². The molecule has 1 aliphatic heterocycles. The van der Waals surface area contributed by atoms with Crippen LogP contribution in [-0.2, 0) is 11.3 Å². The number of aromatic nitrogens is 2. The molecule has 1 saturated carbocycles. The van der Waals surface area contributed by atoms with Crippen molar-refractivity contribution >= 4 is 11.8 Å². The van der Waals surface area contributed by atoms with Gasteiger partial charge in [-0.05, 0) is 31.4 Å². The van der Waals surface area contributed by atoms with Gasteiger partial charge in [0, 0.05) is 50.7 Å². The Bertz CT molecular complexity index is 1330. The van der Waals surface area contributed by atoms with Crippen molar-refractivity contribution in [1.29, 1.82) is 0 Å². The number of rotatable bonds is 7. The summed E-state index contributed by atoms with van der Waals surface area (Å²) in [5, 5.41) is 6.35. The highest BCUT2D eigenvalue weighted by Gasteiger charge is 2.31. The number of benzene rings is 2. The summed E-state index contributed by atoms with van der Waals surface area (Å²) in [4.78, 5) is 42.8. The van der Waals surface area contributed by atoms with Gasteiger partial charge in [-0.25, -0.2) is 4.79 Å². The highest BCUT2D eigenvalue weighted by molar-refractivity contribution is 5.99. The lowest BCUT2D eigenvalue weighted by atomic mass is 9.89. The maximum absolute atomic E-state index is 14.1. The molecule has 0 unspecified atom stereocenters. The quantitative estimate of drug-likeness (QED) is 0.505. The normalized spacial score (nSPS) is 16.4. The molecule has 2 N–H and O–H groups in total. The molecule has 2 fully saturated rings. The fraction of sp³-hybridized carbons (Fsp3) is 0.433. The first-order valence-electron chi connectivity index (χ1n) is 13.8. The van der Waals surface area contributed by atoms with E-state index in [0.717, 1.165) is 42.5 Å². The number of carbonyl (C=O) groups is 2. The zero-order chi connectivity index (χ0) is 26.5. The molecule has 8 heteroatoms. The topological polar surface area (TPSA) is 88.4 Å². The number of nitrogens with zero attached hydrogens (tertiary/aromatic N) is 3.